The Balaban J connectivity index is 0.00000242. The number of nitrogens with zero attached hydrogens (tertiary/aromatic N) is 4. The largest absolute Gasteiger partial charge is 1.00 e. The van der Waals surface area contributed by atoms with E-state index in [4.69, 9.17) is 4.74 Å². The van der Waals surface area contributed by atoms with Crippen molar-refractivity contribution >= 4 is 0 Å². The SMILES string of the molecule is COc1ccc(-n2cnc(C)c2C[N+](C)(C)C)c(C#N)c1.[I-]. The van der Waals surface area contributed by atoms with E-state index >= 15 is 0 Å². The van der Waals surface area contributed by atoms with Gasteiger partial charge in [-0.1, -0.05) is 0 Å². The minimum absolute atomic E-state index is 0. The number of halogens is 1. The summed E-state index contributed by atoms with van der Waals surface area (Å²) in [6.45, 7) is 2.83. The third kappa shape index (κ3) is 3.99. The number of imidazole rings is 1. The second-order valence-corrected chi connectivity index (χ2v) is 6.09. The zero-order valence-corrected chi connectivity index (χ0v) is 15.7. The van der Waals surface area contributed by atoms with E-state index in [0.29, 0.717) is 11.3 Å². The molecule has 0 bridgehead atoms. The van der Waals surface area contributed by atoms with Gasteiger partial charge < -0.3 is 33.2 Å². The summed E-state index contributed by atoms with van der Waals surface area (Å²) in [6.07, 6.45) is 1.78. The van der Waals surface area contributed by atoms with Crippen molar-refractivity contribution in [3.05, 3.63) is 41.5 Å². The van der Waals surface area contributed by atoms with Crippen LogP contribution in [0, 0.1) is 18.3 Å². The molecule has 1 heterocycles. The first-order valence-electron chi connectivity index (χ1n) is 6.77. The molecule has 0 N–H and O–H groups in total. The molecule has 2 rings (SSSR count). The molecule has 0 aliphatic carbocycles. The molecular weight excluding hydrogens is 391 g/mol. The van der Waals surface area contributed by atoms with Gasteiger partial charge >= 0.3 is 0 Å². The molecule has 118 valence electrons. The van der Waals surface area contributed by atoms with Crippen LogP contribution in [0.4, 0.5) is 0 Å². The number of hydrogen-bond donors (Lipinski definition) is 0. The van der Waals surface area contributed by atoms with Crippen LogP contribution in [-0.4, -0.2) is 42.3 Å². The molecule has 0 spiro atoms. The summed E-state index contributed by atoms with van der Waals surface area (Å²) in [5, 5.41) is 9.39. The van der Waals surface area contributed by atoms with E-state index in [0.717, 1.165) is 28.1 Å². The summed E-state index contributed by atoms with van der Waals surface area (Å²) < 4.78 is 7.98. The molecule has 0 amide bonds. The van der Waals surface area contributed by atoms with Crippen LogP contribution in [0.3, 0.4) is 0 Å². The number of hydrogen-bond acceptors (Lipinski definition) is 3. The van der Waals surface area contributed by atoms with E-state index < -0.39 is 0 Å². The van der Waals surface area contributed by atoms with Gasteiger partial charge in [0.2, 0.25) is 0 Å². The van der Waals surface area contributed by atoms with Crippen molar-refractivity contribution in [2.75, 3.05) is 28.3 Å². The highest BCUT2D eigenvalue weighted by Crippen LogP contribution is 2.24. The highest BCUT2D eigenvalue weighted by Gasteiger charge is 2.18. The van der Waals surface area contributed by atoms with Gasteiger partial charge in [-0.3, -0.25) is 4.57 Å². The maximum absolute atomic E-state index is 9.39. The van der Waals surface area contributed by atoms with Crippen molar-refractivity contribution in [3.63, 3.8) is 0 Å². The molecule has 2 aromatic rings. The highest BCUT2D eigenvalue weighted by atomic mass is 127. The number of aromatic nitrogens is 2. The van der Waals surface area contributed by atoms with Gasteiger partial charge in [0, 0.05) is 6.07 Å². The van der Waals surface area contributed by atoms with Crippen molar-refractivity contribution in [1.29, 1.82) is 5.26 Å². The molecule has 6 heteroatoms. The third-order valence-electron chi connectivity index (χ3n) is 3.28. The van der Waals surface area contributed by atoms with Gasteiger partial charge in [-0.15, -0.1) is 0 Å². The maximum Gasteiger partial charge on any atom is 0.121 e. The van der Waals surface area contributed by atoms with Gasteiger partial charge in [-0.2, -0.15) is 5.26 Å². The fourth-order valence-corrected chi connectivity index (χ4v) is 2.25. The number of quaternary nitrogens is 1. The zero-order valence-electron chi connectivity index (χ0n) is 13.6. The topological polar surface area (TPSA) is 50.8 Å². The molecule has 1 aromatic carbocycles. The summed E-state index contributed by atoms with van der Waals surface area (Å²) in [7, 11) is 8.00. The predicted octanol–water partition coefficient (Wildman–Crippen LogP) is -0.729. The molecule has 5 nitrogen and oxygen atoms in total. The zero-order chi connectivity index (χ0) is 15.6. The molecule has 0 aliphatic heterocycles. The van der Waals surface area contributed by atoms with Crippen LogP contribution in [0.25, 0.3) is 5.69 Å². The number of nitriles is 1. The first-order chi connectivity index (χ1) is 9.85. The van der Waals surface area contributed by atoms with Crippen molar-refractivity contribution < 1.29 is 33.2 Å². The van der Waals surface area contributed by atoms with Gasteiger partial charge in [0.1, 0.15) is 24.1 Å². The molecule has 22 heavy (non-hydrogen) atoms. The van der Waals surface area contributed by atoms with Crippen LogP contribution in [0.1, 0.15) is 17.0 Å². The molecule has 0 fully saturated rings. The fraction of sp³-hybridized carbons (Fsp3) is 0.375. The Labute approximate surface area is 148 Å². The highest BCUT2D eigenvalue weighted by molar-refractivity contribution is 5.53. The van der Waals surface area contributed by atoms with Crippen LogP contribution in [0.5, 0.6) is 5.75 Å². The Morgan fingerprint density at radius 2 is 2.00 bits per heavy atom. The number of ether oxygens (including phenoxy) is 1. The molecule has 0 aliphatic rings. The number of rotatable bonds is 4. The lowest BCUT2D eigenvalue weighted by molar-refractivity contribution is -0.884. The van der Waals surface area contributed by atoms with Gasteiger partial charge in [-0.05, 0) is 19.1 Å². The number of benzene rings is 1. The second kappa shape index (κ2) is 7.11. The Kier molecular flexibility index (Phi) is 5.97. The van der Waals surface area contributed by atoms with E-state index in [2.05, 4.69) is 32.2 Å². The average molecular weight is 412 g/mol. The van der Waals surface area contributed by atoms with E-state index in [9.17, 15) is 5.26 Å². The normalized spacial score (nSPS) is 10.7. The lowest BCUT2D eigenvalue weighted by Crippen LogP contribution is -3.00. The molecule has 1 aromatic heterocycles. The fourth-order valence-electron chi connectivity index (χ4n) is 2.25. The van der Waals surface area contributed by atoms with Crippen molar-refractivity contribution in [3.8, 4) is 17.5 Å². The molecule has 0 atom stereocenters. The number of aryl methyl sites for hydroxylation is 1. The van der Waals surface area contributed by atoms with E-state index in [1.54, 1.807) is 19.5 Å². The smallest absolute Gasteiger partial charge is 0.121 e. The van der Waals surface area contributed by atoms with Crippen LogP contribution in [-0.2, 0) is 6.54 Å². The molecule has 0 saturated carbocycles. The summed E-state index contributed by atoms with van der Waals surface area (Å²) in [6, 6.07) is 7.75. The average Bonchev–Trinajstić information content (AvgIpc) is 2.77. The van der Waals surface area contributed by atoms with Crippen molar-refractivity contribution in [1.82, 2.24) is 9.55 Å². The summed E-state index contributed by atoms with van der Waals surface area (Å²) in [4.78, 5) is 4.41. The molecule has 0 unspecified atom stereocenters. The Morgan fingerprint density at radius 1 is 1.32 bits per heavy atom. The van der Waals surface area contributed by atoms with E-state index in [1.165, 1.54) is 0 Å². The van der Waals surface area contributed by atoms with Gasteiger partial charge in [0.05, 0.1) is 51.5 Å². The van der Waals surface area contributed by atoms with Crippen LogP contribution >= 0.6 is 0 Å². The standard InChI is InChI=1S/C16H21N4O.HI/c1-12-16(10-20(2,3)4)19(11-18-12)15-7-6-14(21-5)8-13(15)9-17;/h6-8,11H,10H2,1-5H3;1H/q+1;/p-1. The summed E-state index contributed by atoms with van der Waals surface area (Å²) in [5.74, 6) is 0.681. The van der Waals surface area contributed by atoms with Crippen LogP contribution < -0.4 is 28.7 Å². The van der Waals surface area contributed by atoms with E-state index in [1.807, 2.05) is 23.6 Å². The monoisotopic (exact) mass is 412 g/mol. The summed E-state index contributed by atoms with van der Waals surface area (Å²) >= 11 is 0. The van der Waals surface area contributed by atoms with Crippen LogP contribution in [0.15, 0.2) is 24.5 Å². The van der Waals surface area contributed by atoms with E-state index in [-0.39, 0.29) is 24.0 Å². The van der Waals surface area contributed by atoms with Gasteiger partial charge in [0.25, 0.3) is 0 Å². The molecule has 0 radical (unpaired) electrons. The molecular formula is C16H21IN4O. The van der Waals surface area contributed by atoms with Crippen LogP contribution in [0.2, 0.25) is 0 Å². The Hall–Kier alpha value is -1.59. The summed E-state index contributed by atoms with van der Waals surface area (Å²) in [5.41, 5.74) is 3.52. The minimum Gasteiger partial charge on any atom is -1.00 e. The van der Waals surface area contributed by atoms with Gasteiger partial charge in [0.15, 0.2) is 0 Å². The minimum atomic E-state index is 0. The molecule has 0 saturated heterocycles. The lowest BCUT2D eigenvalue weighted by Gasteiger charge is -2.25. The maximum atomic E-state index is 9.39. The number of methoxy groups -OCH3 is 1. The second-order valence-electron chi connectivity index (χ2n) is 6.09. The Morgan fingerprint density at radius 3 is 2.55 bits per heavy atom. The third-order valence-corrected chi connectivity index (χ3v) is 3.28. The van der Waals surface area contributed by atoms with Gasteiger partial charge in [-0.25, -0.2) is 4.98 Å². The Bertz CT molecular complexity index is 695. The van der Waals surface area contributed by atoms with Crippen molar-refractivity contribution in [2.24, 2.45) is 0 Å². The quantitative estimate of drug-likeness (QED) is 0.492. The first-order valence-corrected chi connectivity index (χ1v) is 6.77. The lowest BCUT2D eigenvalue weighted by atomic mass is 10.1. The first kappa shape index (κ1) is 18.5. The van der Waals surface area contributed by atoms with Crippen molar-refractivity contribution in [2.45, 2.75) is 13.5 Å². The predicted molar refractivity (Wildman–Crippen MR) is 81.3 cm³/mol.